The smallest absolute Gasteiger partial charge is 0.306 e. The van der Waals surface area contributed by atoms with E-state index < -0.39 is 0 Å². The Morgan fingerprint density at radius 2 is 2.08 bits per heavy atom. The van der Waals surface area contributed by atoms with Crippen molar-refractivity contribution in [2.45, 2.75) is 0 Å². The summed E-state index contributed by atoms with van der Waals surface area (Å²) in [6.45, 7) is 0. The van der Waals surface area contributed by atoms with Crippen LogP contribution in [-0.2, 0) is 0 Å². The average Bonchev–Trinajstić information content (AvgIpc) is 2.28. The molecule has 1 aliphatic rings. The van der Waals surface area contributed by atoms with Gasteiger partial charge in [-0.15, -0.1) is 0 Å². The van der Waals surface area contributed by atoms with Crippen molar-refractivity contribution in [2.24, 2.45) is 0 Å². The van der Waals surface area contributed by atoms with Gasteiger partial charge in [-0.2, -0.15) is 0 Å². The third kappa shape index (κ3) is 1.67. The number of nitrogens with one attached hydrogen (secondary N) is 1. The Hall–Kier alpha value is -1.04. The van der Waals surface area contributed by atoms with Crippen LogP contribution < -0.4 is 5.32 Å². The third-order valence-electron chi connectivity index (χ3n) is 1.78. The van der Waals surface area contributed by atoms with Crippen molar-refractivity contribution >= 4 is 40.7 Å². The van der Waals surface area contributed by atoms with E-state index in [1.165, 1.54) is 3.11 Å². The Morgan fingerprint density at radius 3 is 2.92 bits per heavy atom. The summed E-state index contributed by atoms with van der Waals surface area (Å²) in [5.41, 5.74) is 1.87. The van der Waals surface area contributed by atoms with Crippen LogP contribution in [0.15, 0.2) is 30.5 Å². The monoisotopic (exact) mass is 286 g/mol. The van der Waals surface area contributed by atoms with Crippen LogP contribution in [0.25, 0.3) is 6.08 Å². The van der Waals surface area contributed by atoms with Crippen LogP contribution in [0.2, 0.25) is 0 Å². The van der Waals surface area contributed by atoms with E-state index in [0.717, 1.165) is 11.3 Å². The molecule has 0 unspecified atom stereocenters. The highest BCUT2D eigenvalue weighted by Crippen LogP contribution is 2.21. The molecule has 0 atom stereocenters. The predicted molar refractivity (Wildman–Crippen MR) is 60.4 cm³/mol. The van der Waals surface area contributed by atoms with Crippen LogP contribution in [0.1, 0.15) is 5.56 Å². The van der Waals surface area contributed by atoms with Crippen LogP contribution in [-0.4, -0.2) is 9.14 Å². The summed E-state index contributed by atoms with van der Waals surface area (Å²) >= 11 is 1.94. The van der Waals surface area contributed by atoms with Gasteiger partial charge >= 0.3 is 6.03 Å². The zero-order valence-electron chi connectivity index (χ0n) is 6.70. The van der Waals surface area contributed by atoms with Crippen LogP contribution >= 0.6 is 22.9 Å². The molecule has 1 N–H and O–H groups in total. The van der Waals surface area contributed by atoms with Gasteiger partial charge in [-0.05, 0) is 17.7 Å². The summed E-state index contributed by atoms with van der Waals surface area (Å²) in [4.78, 5) is 11.3. The number of urea groups is 1. The van der Waals surface area contributed by atoms with Crippen molar-refractivity contribution < 1.29 is 4.79 Å². The zero-order valence-corrected chi connectivity index (χ0v) is 8.86. The summed E-state index contributed by atoms with van der Waals surface area (Å²) in [5.74, 6) is 0. The van der Waals surface area contributed by atoms with Crippen molar-refractivity contribution in [2.75, 3.05) is 5.32 Å². The number of amides is 2. The van der Waals surface area contributed by atoms with Crippen molar-refractivity contribution in [1.82, 2.24) is 3.11 Å². The fraction of sp³-hybridized carbons (Fsp3) is 0. The lowest BCUT2D eigenvalue weighted by atomic mass is 10.2. The molecule has 0 aromatic heterocycles. The molecular formula is C9H7IN2O. The molecule has 66 valence electrons. The molecule has 1 heterocycles. The number of anilines is 1. The quantitative estimate of drug-likeness (QED) is 0.577. The zero-order chi connectivity index (χ0) is 9.26. The number of hydrogen-bond acceptors (Lipinski definition) is 1. The SMILES string of the molecule is O=C1Nc2ccccc2C=CN1I. The maximum absolute atomic E-state index is 11.3. The van der Waals surface area contributed by atoms with Gasteiger partial charge in [0.2, 0.25) is 0 Å². The van der Waals surface area contributed by atoms with Crippen LogP contribution in [0.5, 0.6) is 0 Å². The highest BCUT2D eigenvalue weighted by atomic mass is 127. The minimum Gasteiger partial charge on any atom is -0.306 e. The molecule has 0 fully saturated rings. The van der Waals surface area contributed by atoms with E-state index in [9.17, 15) is 4.79 Å². The van der Waals surface area contributed by atoms with Crippen molar-refractivity contribution in [1.29, 1.82) is 0 Å². The highest BCUT2D eigenvalue weighted by Gasteiger charge is 2.12. The lowest BCUT2D eigenvalue weighted by molar-refractivity contribution is 0.247. The number of nitrogens with zero attached hydrogens (tertiary/aromatic N) is 1. The van der Waals surface area contributed by atoms with E-state index in [-0.39, 0.29) is 6.03 Å². The molecule has 13 heavy (non-hydrogen) atoms. The molecule has 0 radical (unpaired) electrons. The first-order valence-electron chi connectivity index (χ1n) is 3.80. The van der Waals surface area contributed by atoms with Crippen molar-refractivity contribution in [3.63, 3.8) is 0 Å². The lowest BCUT2D eigenvalue weighted by Crippen LogP contribution is -2.20. The van der Waals surface area contributed by atoms with Gasteiger partial charge in [0.05, 0.1) is 22.9 Å². The molecule has 1 aromatic carbocycles. The molecule has 2 amide bonds. The van der Waals surface area contributed by atoms with Crippen LogP contribution in [0.4, 0.5) is 10.5 Å². The Kier molecular flexibility index (Phi) is 2.22. The van der Waals surface area contributed by atoms with E-state index in [1.54, 1.807) is 6.20 Å². The molecule has 1 aliphatic heterocycles. The first kappa shape index (κ1) is 8.55. The average molecular weight is 286 g/mol. The fourth-order valence-electron chi connectivity index (χ4n) is 1.14. The second-order valence-corrected chi connectivity index (χ2v) is 3.68. The molecule has 1 aromatic rings. The number of halogens is 1. The Balaban J connectivity index is 2.46. The largest absolute Gasteiger partial charge is 0.334 e. The molecule has 2 rings (SSSR count). The lowest BCUT2D eigenvalue weighted by Gasteiger charge is -2.08. The van der Waals surface area contributed by atoms with Crippen LogP contribution in [0.3, 0.4) is 0 Å². The van der Waals surface area contributed by atoms with Crippen LogP contribution in [0, 0.1) is 0 Å². The van der Waals surface area contributed by atoms with Gasteiger partial charge in [0.25, 0.3) is 0 Å². The second-order valence-electron chi connectivity index (χ2n) is 2.64. The Morgan fingerprint density at radius 1 is 1.31 bits per heavy atom. The summed E-state index contributed by atoms with van der Waals surface area (Å²) in [6.07, 6.45) is 3.64. The number of benzene rings is 1. The standard InChI is InChI=1S/C9H7IN2O/c10-12-6-5-7-3-1-2-4-8(7)11-9(12)13/h1-6H,(H,11,13). The van der Waals surface area contributed by atoms with E-state index in [4.69, 9.17) is 0 Å². The van der Waals surface area contributed by atoms with Gasteiger partial charge in [-0.1, -0.05) is 18.2 Å². The molecule has 0 aliphatic carbocycles. The number of fused-ring (bicyclic) bond motifs is 1. The normalized spacial score (nSPS) is 14.8. The van der Waals surface area contributed by atoms with Gasteiger partial charge in [-0.25, -0.2) is 7.91 Å². The minimum absolute atomic E-state index is 0.123. The van der Waals surface area contributed by atoms with Gasteiger partial charge < -0.3 is 5.32 Å². The Labute approximate surface area is 89.9 Å². The van der Waals surface area contributed by atoms with E-state index in [2.05, 4.69) is 5.32 Å². The Bertz CT molecular complexity index is 376. The molecule has 0 saturated carbocycles. The van der Waals surface area contributed by atoms with E-state index in [0.29, 0.717) is 0 Å². The summed E-state index contributed by atoms with van der Waals surface area (Å²) in [7, 11) is 0. The van der Waals surface area contributed by atoms with Gasteiger partial charge in [-0.3, -0.25) is 0 Å². The summed E-state index contributed by atoms with van der Waals surface area (Å²) in [6, 6.07) is 7.56. The molecule has 3 nitrogen and oxygen atoms in total. The van der Waals surface area contributed by atoms with Gasteiger partial charge in [0.15, 0.2) is 0 Å². The maximum Gasteiger partial charge on any atom is 0.334 e. The fourth-order valence-corrected chi connectivity index (χ4v) is 1.42. The second kappa shape index (κ2) is 3.37. The number of para-hydroxylation sites is 1. The minimum atomic E-state index is -0.123. The maximum atomic E-state index is 11.3. The van der Waals surface area contributed by atoms with Crippen molar-refractivity contribution in [3.05, 3.63) is 36.0 Å². The molecule has 0 spiro atoms. The number of hydrogen-bond donors (Lipinski definition) is 1. The highest BCUT2D eigenvalue weighted by molar-refractivity contribution is 14.1. The summed E-state index contributed by atoms with van der Waals surface area (Å²) < 4.78 is 1.48. The van der Waals surface area contributed by atoms with Gasteiger partial charge in [0, 0.05) is 11.9 Å². The number of carbonyl (C=O) groups is 1. The first-order chi connectivity index (χ1) is 6.27. The predicted octanol–water partition coefficient (Wildman–Crippen LogP) is 2.85. The number of carbonyl (C=O) groups excluding carboxylic acids is 1. The van der Waals surface area contributed by atoms with E-state index in [1.807, 2.05) is 53.2 Å². The van der Waals surface area contributed by atoms with Gasteiger partial charge in [0.1, 0.15) is 0 Å². The van der Waals surface area contributed by atoms with E-state index >= 15 is 0 Å². The molecule has 4 heteroatoms. The molecular weight excluding hydrogens is 279 g/mol. The first-order valence-corrected chi connectivity index (χ1v) is 4.77. The topological polar surface area (TPSA) is 32.3 Å². The molecule has 0 bridgehead atoms. The van der Waals surface area contributed by atoms with Crippen molar-refractivity contribution in [3.8, 4) is 0 Å². The summed E-state index contributed by atoms with van der Waals surface area (Å²) in [5, 5.41) is 2.79. The number of rotatable bonds is 0. The molecule has 0 saturated heterocycles. The third-order valence-corrected chi connectivity index (χ3v) is 2.54.